The molecule has 4 heteroatoms. The van der Waals surface area contributed by atoms with Crippen molar-refractivity contribution in [3.05, 3.63) is 11.6 Å². The second kappa shape index (κ2) is 6.04. The highest BCUT2D eigenvalue weighted by Gasteiger charge is 2.69. The molecule has 0 radical (unpaired) electrons. The number of hydrogen-bond acceptors (Lipinski definition) is 4. The zero-order chi connectivity index (χ0) is 18.2. The highest BCUT2D eigenvalue weighted by atomic mass is 16.7. The average Bonchev–Trinajstić information content (AvgIpc) is 3.22. The summed E-state index contributed by atoms with van der Waals surface area (Å²) in [7, 11) is 0. The normalized spacial score (nSPS) is 51.9. The van der Waals surface area contributed by atoms with Crippen molar-refractivity contribution >= 4 is 0 Å². The number of fused-ring (bicyclic) bond motifs is 7. The number of hydrogen-bond donors (Lipinski definition) is 1. The molecule has 4 saturated carbocycles. The summed E-state index contributed by atoms with van der Waals surface area (Å²) in [6.07, 6.45) is 11.6. The van der Waals surface area contributed by atoms with Crippen LogP contribution in [0.5, 0.6) is 0 Å². The van der Waals surface area contributed by atoms with E-state index in [1.165, 1.54) is 32.1 Å². The molecule has 1 aliphatic heterocycles. The van der Waals surface area contributed by atoms with Crippen molar-refractivity contribution in [1.82, 2.24) is 0 Å². The van der Waals surface area contributed by atoms with Crippen LogP contribution in [0.1, 0.15) is 51.9 Å². The fourth-order valence-corrected chi connectivity index (χ4v) is 8.39. The van der Waals surface area contributed by atoms with Gasteiger partial charge in [-0.3, -0.25) is 0 Å². The molecule has 5 aliphatic carbocycles. The minimum Gasteiger partial charge on any atom is -0.394 e. The maximum absolute atomic E-state index is 9.26. The average molecular weight is 375 g/mol. The Morgan fingerprint density at radius 2 is 1.96 bits per heavy atom. The van der Waals surface area contributed by atoms with E-state index in [-0.39, 0.29) is 12.4 Å². The van der Waals surface area contributed by atoms with E-state index in [9.17, 15) is 5.11 Å². The molecule has 6 rings (SSSR count). The Morgan fingerprint density at radius 3 is 2.78 bits per heavy atom. The first-order chi connectivity index (χ1) is 13.2. The van der Waals surface area contributed by atoms with Gasteiger partial charge in [0, 0.05) is 12.8 Å². The second-order valence-electron chi connectivity index (χ2n) is 10.4. The van der Waals surface area contributed by atoms with E-state index in [0.717, 1.165) is 61.6 Å². The highest BCUT2D eigenvalue weighted by molar-refractivity contribution is 5.24. The first kappa shape index (κ1) is 17.4. The lowest BCUT2D eigenvalue weighted by Gasteiger charge is -2.55. The van der Waals surface area contributed by atoms with Crippen LogP contribution in [0.3, 0.4) is 0 Å². The Balaban J connectivity index is 1.25. The Hall–Kier alpha value is -0.420. The van der Waals surface area contributed by atoms with Gasteiger partial charge in [0.15, 0.2) is 5.79 Å². The van der Waals surface area contributed by atoms with Crippen molar-refractivity contribution in [2.24, 2.45) is 40.9 Å². The summed E-state index contributed by atoms with van der Waals surface area (Å²) in [5, 5.41) is 9.26. The van der Waals surface area contributed by atoms with Crippen molar-refractivity contribution in [1.29, 1.82) is 0 Å². The predicted molar refractivity (Wildman–Crippen MR) is 101 cm³/mol. The molecule has 1 heterocycles. The van der Waals surface area contributed by atoms with Crippen molar-refractivity contribution in [2.45, 2.75) is 63.8 Å². The monoisotopic (exact) mass is 374 g/mol. The highest BCUT2D eigenvalue weighted by Crippen LogP contribution is 2.72. The predicted octanol–water partition coefficient (Wildman–Crippen LogP) is 3.54. The molecule has 5 fully saturated rings. The van der Waals surface area contributed by atoms with Gasteiger partial charge in [-0.05, 0) is 73.0 Å². The molecule has 0 aromatic carbocycles. The van der Waals surface area contributed by atoms with Crippen LogP contribution in [-0.4, -0.2) is 43.4 Å². The zero-order valence-electron chi connectivity index (χ0n) is 16.6. The van der Waals surface area contributed by atoms with Gasteiger partial charge in [0.25, 0.3) is 0 Å². The molecular weight excluding hydrogens is 340 g/mol. The molecule has 6 aliphatic rings. The molecule has 0 aromatic heterocycles. The van der Waals surface area contributed by atoms with Crippen LogP contribution in [0.25, 0.3) is 0 Å². The van der Waals surface area contributed by atoms with Gasteiger partial charge in [-0.25, -0.2) is 0 Å². The Labute approximate surface area is 162 Å². The minimum atomic E-state index is -0.281. The van der Waals surface area contributed by atoms with Crippen molar-refractivity contribution in [3.8, 4) is 0 Å². The Morgan fingerprint density at radius 1 is 1.11 bits per heavy atom. The van der Waals surface area contributed by atoms with Crippen LogP contribution >= 0.6 is 0 Å². The SMILES string of the molecule is CC12CCC3C4CCC5(CC4=CCC3C1[C@H]1C[C@H]1C2OCCO)OCCO5. The maximum Gasteiger partial charge on any atom is 0.172 e. The molecule has 4 nitrogen and oxygen atoms in total. The van der Waals surface area contributed by atoms with Gasteiger partial charge in [-0.1, -0.05) is 18.6 Å². The van der Waals surface area contributed by atoms with E-state index < -0.39 is 0 Å². The van der Waals surface area contributed by atoms with E-state index in [0.29, 0.717) is 18.1 Å². The largest absolute Gasteiger partial charge is 0.394 e. The van der Waals surface area contributed by atoms with Gasteiger partial charge in [0.05, 0.1) is 32.5 Å². The lowest BCUT2D eigenvalue weighted by Crippen LogP contribution is -2.50. The summed E-state index contributed by atoms with van der Waals surface area (Å²) in [6.45, 7) is 4.71. The van der Waals surface area contributed by atoms with Crippen molar-refractivity contribution in [2.75, 3.05) is 26.4 Å². The van der Waals surface area contributed by atoms with Crippen LogP contribution in [0.2, 0.25) is 0 Å². The third kappa shape index (κ3) is 2.43. The molecule has 0 bridgehead atoms. The quantitative estimate of drug-likeness (QED) is 0.768. The molecule has 0 aromatic rings. The zero-order valence-corrected chi connectivity index (χ0v) is 16.6. The van der Waals surface area contributed by atoms with Crippen LogP contribution < -0.4 is 0 Å². The first-order valence-electron chi connectivity index (χ1n) is 11.3. The minimum absolute atomic E-state index is 0.154. The second-order valence-corrected chi connectivity index (χ2v) is 10.4. The Bertz CT molecular complexity index is 638. The van der Waals surface area contributed by atoms with Gasteiger partial charge >= 0.3 is 0 Å². The topological polar surface area (TPSA) is 47.9 Å². The molecule has 1 spiro atoms. The van der Waals surface area contributed by atoms with Crippen molar-refractivity contribution < 1.29 is 19.3 Å². The van der Waals surface area contributed by atoms with E-state index in [2.05, 4.69) is 13.0 Å². The van der Waals surface area contributed by atoms with Crippen LogP contribution in [0.4, 0.5) is 0 Å². The van der Waals surface area contributed by atoms with Gasteiger partial charge in [-0.2, -0.15) is 0 Å². The fourth-order valence-electron chi connectivity index (χ4n) is 8.39. The summed E-state index contributed by atoms with van der Waals surface area (Å²) in [5.74, 6) is 4.67. The third-order valence-electron chi connectivity index (χ3n) is 9.34. The summed E-state index contributed by atoms with van der Waals surface area (Å²) in [5.41, 5.74) is 1.98. The molecule has 1 N–H and O–H groups in total. The molecule has 0 amide bonds. The number of rotatable bonds is 3. The number of allylic oxidation sites excluding steroid dienone is 1. The lowest BCUT2D eigenvalue weighted by atomic mass is 9.51. The summed E-state index contributed by atoms with van der Waals surface area (Å²) in [6, 6.07) is 0. The molecule has 8 atom stereocenters. The maximum atomic E-state index is 9.26. The van der Waals surface area contributed by atoms with E-state index in [4.69, 9.17) is 14.2 Å². The smallest absolute Gasteiger partial charge is 0.172 e. The van der Waals surface area contributed by atoms with Crippen molar-refractivity contribution in [3.63, 3.8) is 0 Å². The summed E-state index contributed by atoms with van der Waals surface area (Å²) < 4.78 is 18.3. The summed E-state index contributed by atoms with van der Waals surface area (Å²) >= 11 is 0. The van der Waals surface area contributed by atoms with Crippen LogP contribution in [0, 0.1) is 40.9 Å². The van der Waals surface area contributed by atoms with Gasteiger partial charge < -0.3 is 19.3 Å². The summed E-state index contributed by atoms with van der Waals surface area (Å²) in [4.78, 5) is 0. The van der Waals surface area contributed by atoms with Crippen LogP contribution in [-0.2, 0) is 14.2 Å². The van der Waals surface area contributed by atoms with Gasteiger partial charge in [0.1, 0.15) is 0 Å². The molecular formula is C23H34O4. The van der Waals surface area contributed by atoms with E-state index >= 15 is 0 Å². The van der Waals surface area contributed by atoms with E-state index in [1.54, 1.807) is 5.57 Å². The standard InChI is InChI=1S/C23H34O4/c1-22-6-4-16-15-5-7-23(26-10-11-27-23)13-14(15)2-3-17(16)20(22)18-12-19(18)21(22)25-9-8-24/h2,15-21,24H,3-13H2,1H3/t15?,16?,17?,18-,19+,20?,21?,22?/m0/s1. The molecule has 1 saturated heterocycles. The fraction of sp³-hybridized carbons (Fsp3) is 0.913. The van der Waals surface area contributed by atoms with Gasteiger partial charge in [-0.15, -0.1) is 0 Å². The number of ether oxygens (including phenoxy) is 3. The first-order valence-corrected chi connectivity index (χ1v) is 11.3. The number of aliphatic hydroxyl groups is 1. The molecule has 6 unspecified atom stereocenters. The van der Waals surface area contributed by atoms with Gasteiger partial charge in [0.2, 0.25) is 0 Å². The Kier molecular flexibility index (Phi) is 3.90. The lowest BCUT2D eigenvalue weighted by molar-refractivity contribution is -0.177. The number of aliphatic hydroxyl groups excluding tert-OH is 1. The third-order valence-corrected chi connectivity index (χ3v) is 9.34. The molecule has 150 valence electrons. The van der Waals surface area contributed by atoms with Crippen LogP contribution in [0.15, 0.2) is 11.6 Å². The van der Waals surface area contributed by atoms with E-state index in [1.807, 2.05) is 0 Å². The molecule has 27 heavy (non-hydrogen) atoms.